The van der Waals surface area contributed by atoms with Gasteiger partial charge in [0.25, 0.3) is 5.91 Å². The third-order valence-electron chi connectivity index (χ3n) is 5.14. The fraction of sp³-hybridized carbons (Fsp3) is 0.174. The van der Waals surface area contributed by atoms with Gasteiger partial charge in [0.15, 0.2) is 6.61 Å². The molecule has 0 unspecified atom stereocenters. The number of carboxylic acids is 1. The highest BCUT2D eigenvalue weighted by atomic mass is 32.1. The van der Waals surface area contributed by atoms with Crippen molar-refractivity contribution in [2.45, 2.75) is 12.3 Å². The highest BCUT2D eigenvalue weighted by Crippen LogP contribution is 2.49. The van der Waals surface area contributed by atoms with E-state index in [0.29, 0.717) is 28.3 Å². The molecule has 1 aliphatic rings. The van der Waals surface area contributed by atoms with Crippen LogP contribution in [0.3, 0.4) is 0 Å². The van der Waals surface area contributed by atoms with Crippen LogP contribution in [0.25, 0.3) is 11.1 Å². The number of amides is 2. The molecule has 0 bridgehead atoms. The maximum Gasteiger partial charge on any atom is 0.346 e. The first-order valence-corrected chi connectivity index (χ1v) is 10.5. The van der Waals surface area contributed by atoms with Gasteiger partial charge >= 0.3 is 5.97 Å². The molecule has 1 aromatic heterocycles. The van der Waals surface area contributed by atoms with Crippen LogP contribution in [0.1, 0.15) is 32.5 Å². The normalized spacial score (nSPS) is 14.9. The second-order valence-electron chi connectivity index (χ2n) is 7.21. The summed E-state index contributed by atoms with van der Waals surface area (Å²) in [4.78, 5) is 36.5. The van der Waals surface area contributed by atoms with Gasteiger partial charge in [-0.25, -0.2) is 4.79 Å². The predicted molar refractivity (Wildman–Crippen MR) is 119 cm³/mol. The number of hydrogen-bond acceptors (Lipinski definition) is 6. The fourth-order valence-electron chi connectivity index (χ4n) is 3.69. The number of carbonyl (C=O) groups excluding carboxylic acids is 2. The number of nitrogens with two attached hydrogens (primary N) is 1. The Morgan fingerprint density at radius 1 is 1.12 bits per heavy atom. The summed E-state index contributed by atoms with van der Waals surface area (Å²) in [6.07, 6.45) is 0.191. The van der Waals surface area contributed by atoms with Gasteiger partial charge in [0.2, 0.25) is 5.91 Å². The number of carbonyl (C=O) groups is 3. The third kappa shape index (κ3) is 4.15. The van der Waals surface area contributed by atoms with Gasteiger partial charge in [0, 0.05) is 22.8 Å². The number of thiophene rings is 1. The van der Waals surface area contributed by atoms with E-state index in [4.69, 9.17) is 15.2 Å². The average molecular weight is 452 g/mol. The number of methoxy groups -OCH3 is 1. The zero-order chi connectivity index (χ0) is 22.8. The van der Waals surface area contributed by atoms with E-state index < -0.39 is 11.9 Å². The van der Waals surface area contributed by atoms with Crippen molar-refractivity contribution in [3.05, 3.63) is 63.8 Å². The number of benzene rings is 2. The van der Waals surface area contributed by atoms with E-state index in [1.165, 1.54) is 0 Å². The van der Waals surface area contributed by atoms with Crippen LogP contribution < -0.4 is 20.5 Å². The summed E-state index contributed by atoms with van der Waals surface area (Å²) in [5.41, 5.74) is 7.62. The molecular formula is C23H20N2O6S. The molecule has 4 N–H and O–H groups in total. The monoisotopic (exact) mass is 452 g/mol. The fourth-order valence-corrected chi connectivity index (χ4v) is 4.94. The van der Waals surface area contributed by atoms with E-state index in [1.54, 1.807) is 55.6 Å². The lowest BCUT2D eigenvalue weighted by Crippen LogP contribution is -2.22. The SMILES string of the molecule is COc1ccc(-c2c(C(=O)O)sc3c2NC(=O)C[C@@H]3c2ccc(OCC(N)=O)cc2)cc1. The van der Waals surface area contributed by atoms with E-state index in [1.807, 2.05) is 0 Å². The molecule has 0 aliphatic carbocycles. The highest BCUT2D eigenvalue weighted by Gasteiger charge is 2.34. The molecule has 0 saturated heterocycles. The summed E-state index contributed by atoms with van der Waals surface area (Å²) in [6.45, 7) is -0.229. The molecule has 3 aromatic rings. The molecule has 2 aromatic carbocycles. The Morgan fingerprint density at radius 3 is 2.38 bits per heavy atom. The number of ether oxygens (including phenoxy) is 2. The maximum absolute atomic E-state index is 12.6. The van der Waals surface area contributed by atoms with Crippen LogP contribution in [0.4, 0.5) is 5.69 Å². The first-order valence-electron chi connectivity index (χ1n) is 9.72. The number of primary amides is 1. The Balaban J connectivity index is 1.76. The molecule has 4 rings (SSSR count). The number of fused-ring (bicyclic) bond motifs is 1. The third-order valence-corrected chi connectivity index (χ3v) is 6.43. The van der Waals surface area contributed by atoms with Gasteiger partial charge in [0.05, 0.1) is 12.8 Å². The Kier molecular flexibility index (Phi) is 5.83. The number of carboxylic acid groups (broad SMARTS) is 1. The van der Waals surface area contributed by atoms with Crippen molar-refractivity contribution < 1.29 is 29.0 Å². The van der Waals surface area contributed by atoms with E-state index >= 15 is 0 Å². The first kappa shape index (κ1) is 21.4. The largest absolute Gasteiger partial charge is 0.497 e. The van der Waals surface area contributed by atoms with Crippen LogP contribution in [-0.2, 0) is 9.59 Å². The molecule has 9 heteroatoms. The number of rotatable bonds is 7. The van der Waals surface area contributed by atoms with Crippen molar-refractivity contribution >= 4 is 34.8 Å². The average Bonchev–Trinajstić information content (AvgIpc) is 3.17. The minimum Gasteiger partial charge on any atom is -0.497 e. The summed E-state index contributed by atoms with van der Waals surface area (Å²) in [5, 5.41) is 12.7. The lowest BCUT2D eigenvalue weighted by Gasteiger charge is -2.24. The lowest BCUT2D eigenvalue weighted by atomic mass is 9.88. The Bertz CT molecular complexity index is 1180. The van der Waals surface area contributed by atoms with Crippen molar-refractivity contribution in [2.75, 3.05) is 19.0 Å². The molecule has 32 heavy (non-hydrogen) atoms. The van der Waals surface area contributed by atoms with Crippen molar-refractivity contribution in [3.63, 3.8) is 0 Å². The maximum atomic E-state index is 12.6. The van der Waals surface area contributed by atoms with Crippen LogP contribution in [0, 0.1) is 0 Å². The summed E-state index contributed by atoms with van der Waals surface area (Å²) >= 11 is 1.16. The van der Waals surface area contributed by atoms with Crippen LogP contribution in [-0.4, -0.2) is 36.6 Å². The van der Waals surface area contributed by atoms with Gasteiger partial charge in [-0.1, -0.05) is 24.3 Å². The number of hydrogen-bond donors (Lipinski definition) is 3. The lowest BCUT2D eigenvalue weighted by molar-refractivity contribution is -0.120. The van der Waals surface area contributed by atoms with Crippen molar-refractivity contribution in [1.82, 2.24) is 0 Å². The minimum absolute atomic E-state index is 0.161. The standard InChI is InChI=1S/C23H20N2O6S/c1-30-14-6-4-13(5-7-14)19-20-21(32-22(19)23(28)29)16(10-18(27)25-20)12-2-8-15(9-3-12)31-11-17(24)26/h2-9,16H,10-11H2,1H3,(H2,24,26)(H,25,27)(H,28,29)/t16-/m1/s1. The smallest absolute Gasteiger partial charge is 0.346 e. The summed E-state index contributed by atoms with van der Waals surface area (Å²) in [7, 11) is 1.55. The number of aromatic carboxylic acids is 1. The van der Waals surface area contributed by atoms with Gasteiger partial charge < -0.3 is 25.6 Å². The molecule has 0 radical (unpaired) electrons. The van der Waals surface area contributed by atoms with Crippen LogP contribution in [0.2, 0.25) is 0 Å². The van der Waals surface area contributed by atoms with E-state index in [0.717, 1.165) is 21.8 Å². The Labute approximate surface area is 187 Å². The molecule has 164 valence electrons. The minimum atomic E-state index is -1.06. The molecule has 1 atom stereocenters. The molecule has 2 amide bonds. The van der Waals surface area contributed by atoms with Gasteiger partial charge in [-0.15, -0.1) is 11.3 Å². The van der Waals surface area contributed by atoms with Gasteiger partial charge in [-0.2, -0.15) is 0 Å². The number of nitrogens with one attached hydrogen (secondary N) is 1. The molecule has 0 spiro atoms. The van der Waals surface area contributed by atoms with Crippen LogP contribution in [0.5, 0.6) is 11.5 Å². The van der Waals surface area contributed by atoms with Gasteiger partial charge in [-0.3, -0.25) is 9.59 Å². The van der Waals surface area contributed by atoms with Gasteiger partial charge in [0.1, 0.15) is 16.4 Å². The zero-order valence-corrected chi connectivity index (χ0v) is 17.9. The molecule has 0 saturated carbocycles. The van der Waals surface area contributed by atoms with Crippen molar-refractivity contribution in [1.29, 1.82) is 0 Å². The first-order chi connectivity index (χ1) is 15.4. The van der Waals surface area contributed by atoms with Crippen molar-refractivity contribution in [2.24, 2.45) is 5.73 Å². The van der Waals surface area contributed by atoms with Gasteiger partial charge in [-0.05, 0) is 35.4 Å². The van der Waals surface area contributed by atoms with E-state index in [9.17, 15) is 19.5 Å². The zero-order valence-electron chi connectivity index (χ0n) is 17.1. The molecule has 8 nitrogen and oxygen atoms in total. The summed E-state index contributed by atoms with van der Waals surface area (Å²) in [6, 6.07) is 14.0. The predicted octanol–water partition coefficient (Wildman–Crippen LogP) is 3.46. The van der Waals surface area contributed by atoms with Crippen LogP contribution >= 0.6 is 11.3 Å². The van der Waals surface area contributed by atoms with E-state index in [-0.39, 0.29) is 29.7 Å². The Hall–Kier alpha value is -3.85. The van der Waals surface area contributed by atoms with Crippen LogP contribution in [0.15, 0.2) is 48.5 Å². The molecular weight excluding hydrogens is 432 g/mol. The second-order valence-corrected chi connectivity index (χ2v) is 8.26. The number of anilines is 1. The highest BCUT2D eigenvalue weighted by molar-refractivity contribution is 7.15. The molecule has 0 fully saturated rings. The summed E-state index contributed by atoms with van der Waals surface area (Å²) in [5.74, 6) is -1.01. The molecule has 2 heterocycles. The van der Waals surface area contributed by atoms with Crippen molar-refractivity contribution in [3.8, 4) is 22.6 Å². The Morgan fingerprint density at radius 2 is 1.78 bits per heavy atom. The topological polar surface area (TPSA) is 128 Å². The van der Waals surface area contributed by atoms with E-state index in [2.05, 4.69) is 5.32 Å². The quantitative estimate of drug-likeness (QED) is 0.504. The molecule has 1 aliphatic heterocycles. The summed E-state index contributed by atoms with van der Waals surface area (Å²) < 4.78 is 10.5. The second kappa shape index (κ2) is 8.72.